The fourth-order valence-corrected chi connectivity index (χ4v) is 2.94. The van der Waals surface area contributed by atoms with E-state index in [1.165, 1.54) is 5.56 Å². The van der Waals surface area contributed by atoms with Crippen molar-refractivity contribution in [3.8, 4) is 0 Å². The van der Waals surface area contributed by atoms with Gasteiger partial charge in [-0.15, -0.1) is 0 Å². The molecule has 0 spiro atoms. The van der Waals surface area contributed by atoms with Gasteiger partial charge in [0, 0.05) is 44.6 Å². The summed E-state index contributed by atoms with van der Waals surface area (Å²) in [6.45, 7) is 7.45. The smallest absolute Gasteiger partial charge is 0.136 e. The van der Waals surface area contributed by atoms with Crippen molar-refractivity contribution >= 4 is 22.5 Å². The zero-order valence-corrected chi connectivity index (χ0v) is 17.6. The number of ether oxygens (including phenoxy) is 1. The lowest BCUT2D eigenvalue weighted by Crippen LogP contribution is -2.18. The molecule has 1 N–H and O–H groups in total. The molecule has 0 unspecified atom stereocenters. The Bertz CT molecular complexity index is 963. The molecule has 3 rings (SSSR count). The summed E-state index contributed by atoms with van der Waals surface area (Å²) >= 11 is 0. The number of aromatic nitrogens is 3. The van der Waals surface area contributed by atoms with Crippen LogP contribution in [0.3, 0.4) is 0 Å². The van der Waals surface area contributed by atoms with Gasteiger partial charge in [-0.1, -0.05) is 39.0 Å². The summed E-state index contributed by atoms with van der Waals surface area (Å²) in [5.74, 6) is 2.55. The summed E-state index contributed by atoms with van der Waals surface area (Å²) in [6, 6.07) is 12.3. The monoisotopic (exact) mass is 379 g/mol. The van der Waals surface area contributed by atoms with Gasteiger partial charge in [-0.05, 0) is 17.7 Å². The molecule has 2 aromatic heterocycles. The van der Waals surface area contributed by atoms with Crippen LogP contribution in [0.15, 0.2) is 36.4 Å². The Hall–Kier alpha value is -2.73. The average Bonchev–Trinajstić information content (AvgIpc) is 2.65. The Labute approximate surface area is 167 Å². The second kappa shape index (κ2) is 8.10. The van der Waals surface area contributed by atoms with Crippen LogP contribution in [0.25, 0.3) is 10.9 Å². The van der Waals surface area contributed by atoms with Crippen molar-refractivity contribution in [1.29, 1.82) is 0 Å². The lowest BCUT2D eigenvalue weighted by atomic mass is 9.95. The highest BCUT2D eigenvalue weighted by atomic mass is 16.5. The Morgan fingerprint density at radius 1 is 1.04 bits per heavy atom. The number of pyridine rings is 1. The molecule has 148 valence electrons. The fourth-order valence-electron chi connectivity index (χ4n) is 2.94. The molecule has 0 aliphatic heterocycles. The topological polar surface area (TPSA) is 63.2 Å². The van der Waals surface area contributed by atoms with Crippen LogP contribution in [0, 0.1) is 0 Å². The highest BCUT2D eigenvalue weighted by Gasteiger charge is 2.19. The Kier molecular flexibility index (Phi) is 5.79. The Balaban J connectivity index is 1.94. The molecule has 0 aliphatic carbocycles. The van der Waals surface area contributed by atoms with Gasteiger partial charge >= 0.3 is 0 Å². The largest absolute Gasteiger partial charge is 0.378 e. The van der Waals surface area contributed by atoms with Gasteiger partial charge < -0.3 is 15.0 Å². The van der Waals surface area contributed by atoms with E-state index in [4.69, 9.17) is 14.7 Å². The highest BCUT2D eigenvalue weighted by Crippen LogP contribution is 2.24. The van der Waals surface area contributed by atoms with E-state index in [9.17, 15) is 0 Å². The molecular formula is C22H29N5O. The first-order chi connectivity index (χ1) is 13.3. The van der Waals surface area contributed by atoms with Gasteiger partial charge in [0.05, 0.1) is 17.8 Å². The SMILES string of the molecule is COCc1cc(NCc2cc(N(C)C)nc3ccccc23)nc(C(C)(C)C)n1. The van der Waals surface area contributed by atoms with Crippen LogP contribution in [0.1, 0.15) is 37.9 Å². The average molecular weight is 380 g/mol. The molecule has 6 heteroatoms. The van der Waals surface area contributed by atoms with E-state index in [1.54, 1.807) is 7.11 Å². The highest BCUT2D eigenvalue weighted by molar-refractivity contribution is 5.84. The third-order valence-electron chi connectivity index (χ3n) is 4.45. The summed E-state index contributed by atoms with van der Waals surface area (Å²) in [5, 5.41) is 4.62. The maximum absolute atomic E-state index is 5.28. The van der Waals surface area contributed by atoms with Crippen molar-refractivity contribution in [2.75, 3.05) is 31.4 Å². The van der Waals surface area contributed by atoms with Crippen molar-refractivity contribution in [1.82, 2.24) is 15.0 Å². The van der Waals surface area contributed by atoms with Crippen molar-refractivity contribution in [2.45, 2.75) is 39.3 Å². The third-order valence-corrected chi connectivity index (χ3v) is 4.45. The molecule has 0 bridgehead atoms. The number of anilines is 2. The summed E-state index contributed by atoms with van der Waals surface area (Å²) in [7, 11) is 5.69. The van der Waals surface area contributed by atoms with Crippen LogP contribution in [-0.2, 0) is 23.3 Å². The van der Waals surface area contributed by atoms with Crippen LogP contribution >= 0.6 is 0 Å². The Morgan fingerprint density at radius 2 is 1.79 bits per heavy atom. The molecule has 6 nitrogen and oxygen atoms in total. The molecule has 0 saturated heterocycles. The first kappa shape index (κ1) is 20.0. The molecule has 1 aromatic carbocycles. The molecule has 0 aliphatic rings. The molecule has 28 heavy (non-hydrogen) atoms. The molecule has 0 amide bonds. The van der Waals surface area contributed by atoms with Crippen LogP contribution in [-0.4, -0.2) is 36.2 Å². The lowest BCUT2D eigenvalue weighted by molar-refractivity contribution is 0.181. The first-order valence-electron chi connectivity index (χ1n) is 9.45. The second-order valence-electron chi connectivity index (χ2n) is 8.16. The van der Waals surface area contributed by atoms with Crippen LogP contribution in [0.4, 0.5) is 11.6 Å². The zero-order chi connectivity index (χ0) is 20.3. The summed E-state index contributed by atoms with van der Waals surface area (Å²) in [5.41, 5.74) is 2.90. The van der Waals surface area contributed by atoms with Crippen LogP contribution in [0.5, 0.6) is 0 Å². The molecule has 2 heterocycles. The van der Waals surface area contributed by atoms with Gasteiger partial charge in [-0.3, -0.25) is 0 Å². The maximum Gasteiger partial charge on any atom is 0.136 e. The number of benzene rings is 1. The number of hydrogen-bond donors (Lipinski definition) is 1. The summed E-state index contributed by atoms with van der Waals surface area (Å²) in [6.07, 6.45) is 0. The predicted molar refractivity (Wildman–Crippen MR) is 115 cm³/mol. The number of nitrogens with zero attached hydrogens (tertiary/aromatic N) is 4. The van der Waals surface area contributed by atoms with E-state index in [0.29, 0.717) is 13.2 Å². The lowest BCUT2D eigenvalue weighted by Gasteiger charge is -2.19. The van der Waals surface area contributed by atoms with E-state index >= 15 is 0 Å². The van der Waals surface area contributed by atoms with Crippen LogP contribution in [0.2, 0.25) is 0 Å². The Morgan fingerprint density at radius 3 is 2.46 bits per heavy atom. The van der Waals surface area contributed by atoms with Crippen molar-refractivity contribution < 1.29 is 4.74 Å². The standard InChI is InChI=1S/C22H29N5O/c1-22(2,3)21-24-16(14-28-6)12-19(26-21)23-13-15-11-20(27(4)5)25-18-10-8-7-9-17(15)18/h7-12H,13-14H2,1-6H3,(H,23,24,26). The summed E-state index contributed by atoms with van der Waals surface area (Å²) in [4.78, 5) is 16.1. The number of hydrogen-bond acceptors (Lipinski definition) is 6. The van der Waals surface area contributed by atoms with E-state index in [2.05, 4.69) is 43.2 Å². The van der Waals surface area contributed by atoms with E-state index in [1.807, 2.05) is 43.3 Å². The molecule has 0 radical (unpaired) electrons. The van der Waals surface area contributed by atoms with Gasteiger partial charge in [-0.25, -0.2) is 15.0 Å². The molecule has 0 atom stereocenters. The van der Waals surface area contributed by atoms with Gasteiger partial charge in [0.15, 0.2) is 0 Å². The minimum atomic E-state index is -0.137. The number of methoxy groups -OCH3 is 1. The third kappa shape index (κ3) is 4.57. The molecule has 0 fully saturated rings. The molecular weight excluding hydrogens is 350 g/mol. The predicted octanol–water partition coefficient (Wildman–Crippen LogP) is 4.15. The van der Waals surface area contributed by atoms with Crippen molar-refractivity contribution in [2.24, 2.45) is 0 Å². The summed E-state index contributed by atoms with van der Waals surface area (Å²) < 4.78 is 5.28. The first-order valence-corrected chi connectivity index (χ1v) is 9.45. The van der Waals surface area contributed by atoms with Gasteiger partial charge in [0.1, 0.15) is 17.5 Å². The quantitative estimate of drug-likeness (QED) is 0.694. The van der Waals surface area contributed by atoms with Crippen LogP contribution < -0.4 is 10.2 Å². The van der Waals surface area contributed by atoms with Gasteiger partial charge in [0.2, 0.25) is 0 Å². The van der Waals surface area contributed by atoms with Crippen molar-refractivity contribution in [3.05, 3.63) is 53.5 Å². The number of nitrogens with one attached hydrogen (secondary N) is 1. The van der Waals surface area contributed by atoms with E-state index < -0.39 is 0 Å². The normalized spacial score (nSPS) is 11.6. The number of para-hydroxylation sites is 1. The molecule has 0 saturated carbocycles. The minimum absolute atomic E-state index is 0.137. The van der Waals surface area contributed by atoms with Gasteiger partial charge in [0.25, 0.3) is 0 Å². The van der Waals surface area contributed by atoms with E-state index in [0.717, 1.165) is 34.1 Å². The fraction of sp³-hybridized carbons (Fsp3) is 0.409. The number of rotatable bonds is 6. The molecule has 3 aromatic rings. The minimum Gasteiger partial charge on any atom is -0.378 e. The second-order valence-corrected chi connectivity index (χ2v) is 8.16. The maximum atomic E-state index is 5.28. The zero-order valence-electron chi connectivity index (χ0n) is 17.6. The number of fused-ring (bicyclic) bond motifs is 1. The van der Waals surface area contributed by atoms with Crippen molar-refractivity contribution in [3.63, 3.8) is 0 Å². The van der Waals surface area contributed by atoms with E-state index in [-0.39, 0.29) is 5.41 Å². The van der Waals surface area contributed by atoms with Gasteiger partial charge in [-0.2, -0.15) is 0 Å².